The van der Waals surface area contributed by atoms with E-state index in [0.29, 0.717) is 6.42 Å². The number of carbonyl (C=O) groups is 3. The lowest BCUT2D eigenvalue weighted by molar-refractivity contribution is -0.122. The predicted molar refractivity (Wildman–Crippen MR) is 94.3 cm³/mol. The first-order valence-corrected chi connectivity index (χ1v) is 8.73. The fourth-order valence-corrected chi connectivity index (χ4v) is 3.34. The van der Waals surface area contributed by atoms with Crippen LogP contribution >= 0.6 is 0 Å². The van der Waals surface area contributed by atoms with Gasteiger partial charge in [0.2, 0.25) is 5.91 Å². The summed E-state index contributed by atoms with van der Waals surface area (Å²) in [6, 6.07) is 7.54. The largest absolute Gasteiger partial charge is 0.371 e. The van der Waals surface area contributed by atoms with Gasteiger partial charge in [0.05, 0.1) is 0 Å². The monoisotopic (exact) mass is 344 g/mol. The molecule has 25 heavy (non-hydrogen) atoms. The van der Waals surface area contributed by atoms with E-state index in [-0.39, 0.29) is 24.3 Å². The Hall–Kier alpha value is -2.57. The molecule has 7 nitrogen and oxygen atoms in total. The van der Waals surface area contributed by atoms with Gasteiger partial charge in [0.1, 0.15) is 6.04 Å². The average molecular weight is 344 g/mol. The van der Waals surface area contributed by atoms with Crippen LogP contribution in [0.25, 0.3) is 0 Å². The van der Waals surface area contributed by atoms with E-state index in [9.17, 15) is 14.4 Å². The summed E-state index contributed by atoms with van der Waals surface area (Å²) < 4.78 is 0. The fourth-order valence-electron chi connectivity index (χ4n) is 3.34. The second-order valence-electron chi connectivity index (χ2n) is 6.72. The molecule has 1 aromatic carbocycles. The molecule has 134 valence electrons. The van der Waals surface area contributed by atoms with Gasteiger partial charge in [-0.05, 0) is 43.9 Å². The summed E-state index contributed by atoms with van der Waals surface area (Å²) in [5, 5.41) is 7.72. The Morgan fingerprint density at radius 2 is 2.04 bits per heavy atom. The summed E-state index contributed by atoms with van der Waals surface area (Å²) in [5.41, 5.74) is 2.48. The zero-order chi connectivity index (χ0) is 17.8. The van der Waals surface area contributed by atoms with Crippen molar-refractivity contribution in [1.82, 2.24) is 16.0 Å². The maximum absolute atomic E-state index is 12.1. The number of hydrogen-bond acceptors (Lipinski definition) is 4. The van der Waals surface area contributed by atoms with Crippen molar-refractivity contribution in [3.05, 3.63) is 29.8 Å². The number of rotatable bonds is 5. The molecule has 1 unspecified atom stereocenters. The first kappa shape index (κ1) is 17.3. The van der Waals surface area contributed by atoms with Gasteiger partial charge in [0.15, 0.2) is 0 Å². The first-order chi connectivity index (χ1) is 12.0. The lowest BCUT2D eigenvalue weighted by Gasteiger charge is -2.34. The van der Waals surface area contributed by atoms with E-state index in [1.807, 2.05) is 0 Å². The van der Waals surface area contributed by atoms with Crippen LogP contribution in [0.1, 0.15) is 31.2 Å². The molecule has 0 saturated carbocycles. The fraction of sp³-hybridized carbons (Fsp3) is 0.500. The average Bonchev–Trinajstić information content (AvgIpc) is 2.91. The lowest BCUT2D eigenvalue weighted by Crippen LogP contribution is -2.45. The Morgan fingerprint density at radius 3 is 2.68 bits per heavy atom. The van der Waals surface area contributed by atoms with Gasteiger partial charge in [-0.1, -0.05) is 12.1 Å². The van der Waals surface area contributed by atoms with E-state index in [1.54, 1.807) is 0 Å². The molecule has 2 heterocycles. The van der Waals surface area contributed by atoms with Crippen molar-refractivity contribution >= 4 is 23.5 Å². The van der Waals surface area contributed by atoms with Crippen LogP contribution in [-0.4, -0.2) is 43.0 Å². The molecule has 1 aromatic rings. The quantitative estimate of drug-likeness (QED) is 0.697. The van der Waals surface area contributed by atoms with Gasteiger partial charge < -0.3 is 15.5 Å². The zero-order valence-corrected chi connectivity index (χ0v) is 14.4. The van der Waals surface area contributed by atoms with Crippen LogP contribution in [0.3, 0.4) is 0 Å². The van der Waals surface area contributed by atoms with E-state index < -0.39 is 12.1 Å². The smallest absolute Gasteiger partial charge is 0.322 e. The summed E-state index contributed by atoms with van der Waals surface area (Å²) in [6.45, 7) is 3.91. The highest BCUT2D eigenvalue weighted by Gasteiger charge is 2.30. The number of nitrogens with one attached hydrogen (secondary N) is 3. The van der Waals surface area contributed by atoms with Crippen molar-refractivity contribution in [3.63, 3.8) is 0 Å². The SMILES string of the molecule is Cc1cccc(N2CCC(NC(=O)CCC3NC(=O)NC3=O)CC2)c1. The molecule has 2 saturated heterocycles. The van der Waals surface area contributed by atoms with Gasteiger partial charge in [-0.25, -0.2) is 4.79 Å². The number of amides is 4. The van der Waals surface area contributed by atoms with Gasteiger partial charge in [-0.3, -0.25) is 14.9 Å². The lowest BCUT2D eigenvalue weighted by atomic mass is 10.0. The minimum Gasteiger partial charge on any atom is -0.371 e. The molecule has 2 fully saturated rings. The Balaban J connectivity index is 1.40. The van der Waals surface area contributed by atoms with Crippen LogP contribution in [0.2, 0.25) is 0 Å². The molecule has 0 aromatic heterocycles. The third-order valence-electron chi connectivity index (χ3n) is 4.75. The minimum atomic E-state index is -0.596. The second kappa shape index (κ2) is 7.55. The molecule has 4 amide bonds. The van der Waals surface area contributed by atoms with Gasteiger partial charge in [-0.15, -0.1) is 0 Å². The normalized spacial score (nSPS) is 21.0. The summed E-state index contributed by atoms with van der Waals surface area (Å²) >= 11 is 0. The van der Waals surface area contributed by atoms with E-state index >= 15 is 0 Å². The van der Waals surface area contributed by atoms with Crippen LogP contribution in [0.15, 0.2) is 24.3 Å². The Labute approximate surface area is 147 Å². The highest BCUT2D eigenvalue weighted by Crippen LogP contribution is 2.21. The van der Waals surface area contributed by atoms with E-state index in [4.69, 9.17) is 0 Å². The number of urea groups is 1. The van der Waals surface area contributed by atoms with Gasteiger partial charge in [0.25, 0.3) is 5.91 Å². The first-order valence-electron chi connectivity index (χ1n) is 8.73. The van der Waals surface area contributed by atoms with Crippen LogP contribution in [-0.2, 0) is 9.59 Å². The zero-order valence-electron chi connectivity index (χ0n) is 14.4. The molecular formula is C18H24N4O3. The van der Waals surface area contributed by atoms with Crippen LogP contribution < -0.4 is 20.9 Å². The molecular weight excluding hydrogens is 320 g/mol. The summed E-state index contributed by atoms with van der Waals surface area (Å²) in [7, 11) is 0. The van der Waals surface area contributed by atoms with Crippen molar-refractivity contribution in [1.29, 1.82) is 0 Å². The van der Waals surface area contributed by atoms with Crippen LogP contribution in [0.5, 0.6) is 0 Å². The van der Waals surface area contributed by atoms with Crippen molar-refractivity contribution in [2.24, 2.45) is 0 Å². The van der Waals surface area contributed by atoms with Gasteiger partial charge in [-0.2, -0.15) is 0 Å². The highest BCUT2D eigenvalue weighted by atomic mass is 16.2. The number of benzene rings is 1. The third-order valence-corrected chi connectivity index (χ3v) is 4.75. The van der Waals surface area contributed by atoms with E-state index in [2.05, 4.69) is 52.0 Å². The van der Waals surface area contributed by atoms with Crippen molar-refractivity contribution in [3.8, 4) is 0 Å². The topological polar surface area (TPSA) is 90.5 Å². The highest BCUT2D eigenvalue weighted by molar-refractivity contribution is 6.04. The molecule has 2 aliphatic rings. The van der Waals surface area contributed by atoms with Crippen molar-refractivity contribution in [2.45, 2.75) is 44.7 Å². The Morgan fingerprint density at radius 1 is 1.28 bits per heavy atom. The predicted octanol–water partition coefficient (Wildman–Crippen LogP) is 1.07. The molecule has 0 spiro atoms. The third kappa shape index (κ3) is 4.49. The Kier molecular flexibility index (Phi) is 5.21. The molecule has 3 rings (SSSR count). The summed E-state index contributed by atoms with van der Waals surface area (Å²) in [4.78, 5) is 36.9. The summed E-state index contributed by atoms with van der Waals surface area (Å²) in [6.07, 6.45) is 2.36. The number of hydrogen-bond donors (Lipinski definition) is 3. The molecule has 0 radical (unpaired) electrons. The maximum Gasteiger partial charge on any atom is 0.322 e. The molecule has 0 bridgehead atoms. The number of anilines is 1. The van der Waals surface area contributed by atoms with Crippen molar-refractivity contribution in [2.75, 3.05) is 18.0 Å². The molecule has 1 atom stereocenters. The number of piperidine rings is 1. The maximum atomic E-state index is 12.1. The minimum absolute atomic E-state index is 0.0667. The number of carbonyl (C=O) groups excluding carboxylic acids is 3. The van der Waals surface area contributed by atoms with Crippen LogP contribution in [0, 0.1) is 6.92 Å². The molecule has 2 aliphatic heterocycles. The molecule has 3 N–H and O–H groups in total. The van der Waals surface area contributed by atoms with E-state index in [0.717, 1.165) is 25.9 Å². The standard InChI is InChI=1S/C18H24N4O3/c1-12-3-2-4-14(11-12)22-9-7-13(8-10-22)19-16(23)6-5-15-17(24)21-18(25)20-15/h2-4,11,13,15H,5-10H2,1H3,(H,19,23)(H2,20,21,24,25). The number of nitrogens with zero attached hydrogens (tertiary/aromatic N) is 1. The Bertz CT molecular complexity index is 668. The number of aryl methyl sites for hydroxylation is 1. The number of imide groups is 1. The van der Waals surface area contributed by atoms with Gasteiger partial charge >= 0.3 is 6.03 Å². The second-order valence-corrected chi connectivity index (χ2v) is 6.72. The van der Waals surface area contributed by atoms with Crippen LogP contribution in [0.4, 0.5) is 10.5 Å². The molecule has 0 aliphatic carbocycles. The van der Waals surface area contributed by atoms with Gasteiger partial charge in [0, 0.05) is 31.2 Å². The molecule has 7 heteroatoms. The van der Waals surface area contributed by atoms with Crippen molar-refractivity contribution < 1.29 is 14.4 Å². The summed E-state index contributed by atoms with van der Waals surface area (Å²) in [5.74, 6) is -0.424. The van der Waals surface area contributed by atoms with E-state index in [1.165, 1.54) is 11.3 Å².